The average molecular weight is 395 g/mol. The van der Waals surface area contributed by atoms with Crippen molar-refractivity contribution in [1.29, 1.82) is 0 Å². The van der Waals surface area contributed by atoms with Gasteiger partial charge in [0.25, 0.3) is 0 Å². The molecule has 2 heterocycles. The summed E-state index contributed by atoms with van der Waals surface area (Å²) in [5.41, 5.74) is 3.32. The van der Waals surface area contributed by atoms with Gasteiger partial charge in [-0.2, -0.15) is 0 Å². The highest BCUT2D eigenvalue weighted by Crippen LogP contribution is 2.24. The lowest BCUT2D eigenvalue weighted by atomic mass is 10.1. The molecule has 0 aliphatic carbocycles. The van der Waals surface area contributed by atoms with Crippen LogP contribution in [0.25, 0.3) is 0 Å². The number of sulfone groups is 1. The van der Waals surface area contributed by atoms with E-state index < -0.39 is 9.84 Å². The van der Waals surface area contributed by atoms with E-state index in [0.717, 1.165) is 11.3 Å². The van der Waals surface area contributed by atoms with E-state index in [1.807, 2.05) is 28.5 Å². The number of rotatable bonds is 4. The van der Waals surface area contributed by atoms with Gasteiger partial charge in [0.2, 0.25) is 0 Å². The van der Waals surface area contributed by atoms with Crippen molar-refractivity contribution in [3.63, 3.8) is 0 Å². The lowest BCUT2D eigenvalue weighted by Gasteiger charge is -2.31. The molecule has 25 heavy (non-hydrogen) atoms. The third-order valence-electron chi connectivity index (χ3n) is 4.66. The fourth-order valence-electron chi connectivity index (χ4n) is 3.03. The zero-order valence-corrected chi connectivity index (χ0v) is 16.8. The lowest BCUT2D eigenvalue weighted by molar-refractivity contribution is 0.335. The monoisotopic (exact) mass is 394 g/mol. The normalized spacial score (nSPS) is 18.9. The van der Waals surface area contributed by atoms with Gasteiger partial charge in [0.05, 0.1) is 18.1 Å². The first-order valence-electron chi connectivity index (χ1n) is 8.22. The third kappa shape index (κ3) is 4.40. The summed E-state index contributed by atoms with van der Waals surface area (Å²) in [5, 5.41) is 5.95. The van der Waals surface area contributed by atoms with Gasteiger partial charge in [-0.3, -0.25) is 0 Å². The smallest absolute Gasteiger partial charge is 0.174 e. The number of anilines is 1. The lowest BCUT2D eigenvalue weighted by Crippen LogP contribution is -2.42. The maximum atomic E-state index is 11.9. The zero-order valence-electron chi connectivity index (χ0n) is 14.4. The maximum Gasteiger partial charge on any atom is 0.174 e. The van der Waals surface area contributed by atoms with Crippen LogP contribution in [0.1, 0.15) is 22.4 Å². The number of nitrogens with zero attached hydrogens (tertiary/aromatic N) is 1. The molecule has 4 nitrogen and oxygen atoms in total. The first kappa shape index (κ1) is 18.4. The van der Waals surface area contributed by atoms with Crippen molar-refractivity contribution in [3.8, 4) is 0 Å². The minimum Gasteiger partial charge on any atom is -0.340 e. The number of nitrogens with one attached hydrogen (secondary N) is 1. The molecule has 1 N–H and O–H groups in total. The van der Waals surface area contributed by atoms with Gasteiger partial charge in [-0.1, -0.05) is 18.2 Å². The van der Waals surface area contributed by atoms with Crippen LogP contribution in [-0.4, -0.2) is 36.0 Å². The molecule has 0 spiro atoms. The van der Waals surface area contributed by atoms with Crippen LogP contribution in [0, 0.1) is 13.8 Å². The zero-order chi connectivity index (χ0) is 18.0. The molecule has 0 bridgehead atoms. The van der Waals surface area contributed by atoms with E-state index >= 15 is 0 Å². The van der Waals surface area contributed by atoms with Gasteiger partial charge in [-0.05, 0) is 61.1 Å². The van der Waals surface area contributed by atoms with Crippen molar-refractivity contribution in [2.45, 2.75) is 32.9 Å². The number of aryl methyl sites for hydroxylation is 1. The molecule has 0 radical (unpaired) electrons. The van der Waals surface area contributed by atoms with Gasteiger partial charge in [-0.15, -0.1) is 11.3 Å². The molecule has 1 aliphatic rings. The number of hydrogen-bond donors (Lipinski definition) is 1. The Balaban J connectivity index is 1.83. The van der Waals surface area contributed by atoms with Gasteiger partial charge >= 0.3 is 0 Å². The molecule has 1 aliphatic heterocycles. The Labute approximate surface area is 158 Å². The Bertz CT molecular complexity index is 860. The van der Waals surface area contributed by atoms with E-state index in [1.54, 1.807) is 11.3 Å². The SMILES string of the molecule is Cc1cccc(NC(=S)N(Cc2cccs2)[C@@H]2CCS(=O)(=O)C2)c1C. The largest absolute Gasteiger partial charge is 0.340 e. The topological polar surface area (TPSA) is 49.4 Å². The van der Waals surface area contributed by atoms with E-state index in [-0.39, 0.29) is 17.5 Å². The van der Waals surface area contributed by atoms with E-state index in [2.05, 4.69) is 31.3 Å². The molecule has 0 amide bonds. The standard InChI is InChI=1S/C18H22N2O2S3/c1-13-5-3-7-17(14(13)2)19-18(23)20(11-16-6-4-9-24-16)15-8-10-25(21,22)12-15/h3-7,9,15H,8,10-12H2,1-2H3,(H,19,23)/t15-/m1/s1. The molecule has 0 saturated carbocycles. The molecule has 1 saturated heterocycles. The van der Waals surface area contributed by atoms with E-state index in [1.165, 1.54) is 10.4 Å². The molecule has 1 aromatic carbocycles. The second-order valence-electron chi connectivity index (χ2n) is 6.44. The summed E-state index contributed by atoms with van der Waals surface area (Å²) in [6.07, 6.45) is 0.627. The molecule has 0 unspecified atom stereocenters. The number of benzene rings is 1. The van der Waals surface area contributed by atoms with Crippen molar-refractivity contribution in [3.05, 3.63) is 51.7 Å². The van der Waals surface area contributed by atoms with Gasteiger partial charge in [0.1, 0.15) is 0 Å². The first-order valence-corrected chi connectivity index (χ1v) is 11.3. The summed E-state index contributed by atoms with van der Waals surface area (Å²) < 4.78 is 23.9. The van der Waals surface area contributed by atoms with Crippen LogP contribution in [0.3, 0.4) is 0 Å². The van der Waals surface area contributed by atoms with Crippen LogP contribution in [0.4, 0.5) is 5.69 Å². The van der Waals surface area contributed by atoms with E-state index in [0.29, 0.717) is 18.1 Å². The molecule has 134 valence electrons. The van der Waals surface area contributed by atoms with Crippen LogP contribution in [0.5, 0.6) is 0 Å². The number of thiophene rings is 1. The van der Waals surface area contributed by atoms with Gasteiger partial charge in [0, 0.05) is 16.6 Å². The van der Waals surface area contributed by atoms with E-state index in [4.69, 9.17) is 12.2 Å². The second-order valence-corrected chi connectivity index (χ2v) is 10.1. The van der Waals surface area contributed by atoms with Crippen molar-refractivity contribution >= 4 is 44.2 Å². The fraction of sp³-hybridized carbons (Fsp3) is 0.389. The summed E-state index contributed by atoms with van der Waals surface area (Å²) in [6, 6.07) is 10.1. The van der Waals surface area contributed by atoms with Gasteiger partial charge in [-0.25, -0.2) is 8.42 Å². The highest BCUT2D eigenvalue weighted by atomic mass is 32.2. The summed E-state index contributed by atoms with van der Waals surface area (Å²) >= 11 is 7.33. The molecule has 1 fully saturated rings. The minimum absolute atomic E-state index is 0.0720. The van der Waals surface area contributed by atoms with Crippen LogP contribution < -0.4 is 5.32 Å². The Morgan fingerprint density at radius 1 is 1.32 bits per heavy atom. The summed E-state index contributed by atoms with van der Waals surface area (Å²) in [6.45, 7) is 4.76. The van der Waals surface area contributed by atoms with Crippen LogP contribution in [-0.2, 0) is 16.4 Å². The average Bonchev–Trinajstić information content (AvgIpc) is 3.18. The summed E-state index contributed by atoms with van der Waals surface area (Å²) in [5.74, 6) is 0.414. The Morgan fingerprint density at radius 2 is 2.12 bits per heavy atom. The van der Waals surface area contributed by atoms with Gasteiger partial charge in [0.15, 0.2) is 14.9 Å². The highest BCUT2D eigenvalue weighted by molar-refractivity contribution is 7.91. The van der Waals surface area contributed by atoms with Crippen molar-refractivity contribution < 1.29 is 8.42 Å². The maximum absolute atomic E-state index is 11.9. The predicted molar refractivity (Wildman–Crippen MR) is 109 cm³/mol. The predicted octanol–water partition coefficient (Wildman–Crippen LogP) is 3.75. The molecule has 3 rings (SSSR count). The second kappa shape index (κ2) is 7.43. The molecule has 2 aromatic rings. The van der Waals surface area contributed by atoms with Crippen LogP contribution >= 0.6 is 23.6 Å². The first-order chi connectivity index (χ1) is 11.9. The molecule has 7 heteroatoms. The Morgan fingerprint density at radius 3 is 2.76 bits per heavy atom. The minimum atomic E-state index is -2.97. The highest BCUT2D eigenvalue weighted by Gasteiger charge is 2.33. The molecular weight excluding hydrogens is 372 g/mol. The number of thiocarbonyl (C=S) groups is 1. The van der Waals surface area contributed by atoms with Crippen LogP contribution in [0.2, 0.25) is 0 Å². The molecule has 1 atom stereocenters. The Kier molecular flexibility index (Phi) is 5.46. The van der Waals surface area contributed by atoms with Crippen molar-refractivity contribution in [1.82, 2.24) is 4.90 Å². The van der Waals surface area contributed by atoms with Gasteiger partial charge < -0.3 is 10.2 Å². The van der Waals surface area contributed by atoms with Crippen molar-refractivity contribution in [2.24, 2.45) is 0 Å². The van der Waals surface area contributed by atoms with Crippen LogP contribution in [0.15, 0.2) is 35.7 Å². The quantitative estimate of drug-likeness (QED) is 0.801. The molecular formula is C18H22N2O2S3. The van der Waals surface area contributed by atoms with E-state index in [9.17, 15) is 8.42 Å². The van der Waals surface area contributed by atoms with Crippen molar-refractivity contribution in [2.75, 3.05) is 16.8 Å². The summed E-state index contributed by atoms with van der Waals surface area (Å²) in [7, 11) is -2.97. The Hall–Kier alpha value is -1.44. The molecule has 1 aromatic heterocycles. The summed E-state index contributed by atoms with van der Waals surface area (Å²) in [4.78, 5) is 3.21. The third-order valence-corrected chi connectivity index (χ3v) is 7.61. The fourth-order valence-corrected chi connectivity index (χ4v) is 5.79. The number of hydrogen-bond acceptors (Lipinski definition) is 4.